The SMILES string of the molecule is Cc1nc(CNC(=O)C2CCC(c3ccccc3)CC2)n[nH]1. The smallest absolute Gasteiger partial charge is 0.223 e. The van der Waals surface area contributed by atoms with Gasteiger partial charge in [-0.05, 0) is 44.1 Å². The van der Waals surface area contributed by atoms with E-state index in [1.165, 1.54) is 5.56 Å². The molecule has 0 unspecified atom stereocenters. The third kappa shape index (κ3) is 3.53. The molecule has 1 aliphatic carbocycles. The molecule has 1 aliphatic rings. The summed E-state index contributed by atoms with van der Waals surface area (Å²) >= 11 is 0. The monoisotopic (exact) mass is 298 g/mol. The molecule has 0 saturated heterocycles. The van der Waals surface area contributed by atoms with Gasteiger partial charge < -0.3 is 5.32 Å². The van der Waals surface area contributed by atoms with Crippen LogP contribution in [0, 0.1) is 12.8 Å². The number of benzene rings is 1. The van der Waals surface area contributed by atoms with Gasteiger partial charge >= 0.3 is 0 Å². The number of amides is 1. The van der Waals surface area contributed by atoms with Crippen LogP contribution in [0.15, 0.2) is 30.3 Å². The summed E-state index contributed by atoms with van der Waals surface area (Å²) in [4.78, 5) is 16.4. The maximum absolute atomic E-state index is 12.2. The molecule has 0 aliphatic heterocycles. The van der Waals surface area contributed by atoms with E-state index < -0.39 is 0 Å². The Labute approximate surface area is 130 Å². The molecule has 0 spiro atoms. The lowest BCUT2D eigenvalue weighted by molar-refractivity contribution is -0.126. The minimum Gasteiger partial charge on any atom is -0.348 e. The van der Waals surface area contributed by atoms with Gasteiger partial charge in [0.1, 0.15) is 5.82 Å². The zero-order valence-electron chi connectivity index (χ0n) is 12.9. The Morgan fingerprint density at radius 2 is 1.95 bits per heavy atom. The van der Waals surface area contributed by atoms with Gasteiger partial charge in [-0.25, -0.2) is 4.98 Å². The number of nitrogens with zero attached hydrogens (tertiary/aromatic N) is 2. The molecule has 1 aromatic carbocycles. The highest BCUT2D eigenvalue weighted by molar-refractivity contribution is 5.78. The molecule has 22 heavy (non-hydrogen) atoms. The van der Waals surface area contributed by atoms with E-state index in [9.17, 15) is 4.79 Å². The van der Waals surface area contributed by atoms with Crippen LogP contribution in [0.5, 0.6) is 0 Å². The summed E-state index contributed by atoms with van der Waals surface area (Å²) in [7, 11) is 0. The van der Waals surface area contributed by atoms with Crippen molar-refractivity contribution in [1.29, 1.82) is 0 Å². The van der Waals surface area contributed by atoms with Gasteiger partial charge in [-0.15, -0.1) is 0 Å². The number of carbonyl (C=O) groups is 1. The topological polar surface area (TPSA) is 70.7 Å². The Balaban J connectivity index is 1.47. The van der Waals surface area contributed by atoms with E-state index in [2.05, 4.69) is 44.8 Å². The molecule has 1 heterocycles. The van der Waals surface area contributed by atoms with Crippen LogP contribution in [0.25, 0.3) is 0 Å². The number of aromatic amines is 1. The summed E-state index contributed by atoms with van der Waals surface area (Å²) in [5.74, 6) is 2.27. The lowest BCUT2D eigenvalue weighted by Gasteiger charge is -2.28. The number of rotatable bonds is 4. The van der Waals surface area contributed by atoms with Crippen LogP contribution in [0.2, 0.25) is 0 Å². The second-order valence-corrected chi connectivity index (χ2v) is 6.01. The van der Waals surface area contributed by atoms with Gasteiger partial charge in [0.2, 0.25) is 5.91 Å². The number of H-pyrrole nitrogens is 1. The highest BCUT2D eigenvalue weighted by Crippen LogP contribution is 2.35. The van der Waals surface area contributed by atoms with E-state index >= 15 is 0 Å². The highest BCUT2D eigenvalue weighted by Gasteiger charge is 2.26. The Bertz CT molecular complexity index is 615. The van der Waals surface area contributed by atoms with Gasteiger partial charge in [0.15, 0.2) is 5.82 Å². The lowest BCUT2D eigenvalue weighted by atomic mass is 9.78. The fourth-order valence-corrected chi connectivity index (χ4v) is 3.19. The van der Waals surface area contributed by atoms with E-state index in [0.717, 1.165) is 31.5 Å². The minimum absolute atomic E-state index is 0.125. The average molecular weight is 298 g/mol. The number of hydrogen-bond acceptors (Lipinski definition) is 3. The molecule has 1 fully saturated rings. The molecule has 0 atom stereocenters. The third-order valence-corrected chi connectivity index (χ3v) is 4.43. The van der Waals surface area contributed by atoms with Gasteiger partial charge in [0.05, 0.1) is 6.54 Å². The van der Waals surface area contributed by atoms with Crippen molar-refractivity contribution in [2.45, 2.75) is 45.1 Å². The molecule has 0 radical (unpaired) electrons. The summed E-state index contributed by atoms with van der Waals surface area (Å²) < 4.78 is 0. The molecule has 0 bridgehead atoms. The fourth-order valence-electron chi connectivity index (χ4n) is 3.19. The normalized spacial score (nSPS) is 21.5. The van der Waals surface area contributed by atoms with E-state index in [4.69, 9.17) is 0 Å². The zero-order chi connectivity index (χ0) is 15.4. The molecular formula is C17H22N4O. The van der Waals surface area contributed by atoms with Crippen LogP contribution >= 0.6 is 0 Å². The highest BCUT2D eigenvalue weighted by atomic mass is 16.1. The minimum atomic E-state index is 0.125. The molecular weight excluding hydrogens is 276 g/mol. The maximum Gasteiger partial charge on any atom is 0.223 e. The first-order valence-electron chi connectivity index (χ1n) is 7.93. The Morgan fingerprint density at radius 1 is 1.23 bits per heavy atom. The van der Waals surface area contributed by atoms with Crippen LogP contribution < -0.4 is 5.32 Å². The van der Waals surface area contributed by atoms with Crippen LogP contribution in [-0.2, 0) is 11.3 Å². The summed E-state index contributed by atoms with van der Waals surface area (Å²) in [6, 6.07) is 10.6. The molecule has 2 N–H and O–H groups in total. The summed E-state index contributed by atoms with van der Waals surface area (Å²) in [6.07, 6.45) is 4.08. The quantitative estimate of drug-likeness (QED) is 0.911. The standard InChI is InChI=1S/C17H22N4O/c1-12-19-16(21-20-12)11-18-17(22)15-9-7-14(8-10-15)13-5-3-2-4-6-13/h2-6,14-15H,7-11H2,1H3,(H,18,22)(H,19,20,21). The van der Waals surface area contributed by atoms with Gasteiger partial charge in [-0.2, -0.15) is 5.10 Å². The number of hydrogen-bond donors (Lipinski definition) is 2. The molecule has 1 amide bonds. The molecule has 2 aromatic rings. The van der Waals surface area contributed by atoms with Crippen molar-refractivity contribution >= 4 is 5.91 Å². The van der Waals surface area contributed by atoms with Crippen molar-refractivity contribution in [3.8, 4) is 0 Å². The summed E-state index contributed by atoms with van der Waals surface area (Å²) in [6.45, 7) is 2.25. The van der Waals surface area contributed by atoms with E-state index in [0.29, 0.717) is 18.3 Å². The number of aryl methyl sites for hydroxylation is 1. The molecule has 116 valence electrons. The van der Waals surface area contributed by atoms with Gasteiger partial charge in [-0.3, -0.25) is 9.89 Å². The molecule has 1 aromatic heterocycles. The van der Waals surface area contributed by atoms with E-state index in [1.807, 2.05) is 13.0 Å². The first-order valence-corrected chi connectivity index (χ1v) is 7.93. The van der Waals surface area contributed by atoms with Crippen LogP contribution in [0.1, 0.15) is 48.8 Å². The third-order valence-electron chi connectivity index (χ3n) is 4.43. The Morgan fingerprint density at radius 3 is 2.59 bits per heavy atom. The van der Waals surface area contributed by atoms with Crippen molar-refractivity contribution in [2.75, 3.05) is 0 Å². The second kappa shape index (κ2) is 6.73. The summed E-state index contributed by atoms with van der Waals surface area (Å²) in [5.41, 5.74) is 1.40. The van der Waals surface area contributed by atoms with Crippen LogP contribution in [-0.4, -0.2) is 21.1 Å². The average Bonchev–Trinajstić information content (AvgIpc) is 2.99. The molecule has 1 saturated carbocycles. The largest absolute Gasteiger partial charge is 0.348 e. The van der Waals surface area contributed by atoms with Gasteiger partial charge in [-0.1, -0.05) is 30.3 Å². The number of nitrogens with one attached hydrogen (secondary N) is 2. The lowest BCUT2D eigenvalue weighted by Crippen LogP contribution is -2.32. The van der Waals surface area contributed by atoms with Crippen molar-refractivity contribution in [3.05, 3.63) is 47.5 Å². The van der Waals surface area contributed by atoms with Crippen molar-refractivity contribution < 1.29 is 4.79 Å². The first kappa shape index (κ1) is 14.8. The van der Waals surface area contributed by atoms with Crippen molar-refractivity contribution in [2.24, 2.45) is 5.92 Å². The van der Waals surface area contributed by atoms with Gasteiger partial charge in [0.25, 0.3) is 0 Å². The fraction of sp³-hybridized carbons (Fsp3) is 0.471. The maximum atomic E-state index is 12.2. The molecule has 3 rings (SSSR count). The van der Waals surface area contributed by atoms with Crippen LogP contribution in [0.3, 0.4) is 0 Å². The Kier molecular flexibility index (Phi) is 4.51. The van der Waals surface area contributed by atoms with Crippen molar-refractivity contribution in [3.63, 3.8) is 0 Å². The second-order valence-electron chi connectivity index (χ2n) is 6.01. The number of aromatic nitrogens is 3. The van der Waals surface area contributed by atoms with Crippen molar-refractivity contribution in [1.82, 2.24) is 20.5 Å². The predicted octanol–water partition coefficient (Wildman–Crippen LogP) is 2.70. The van der Waals surface area contributed by atoms with Gasteiger partial charge in [0, 0.05) is 5.92 Å². The van der Waals surface area contributed by atoms with Crippen LogP contribution in [0.4, 0.5) is 0 Å². The van der Waals surface area contributed by atoms with E-state index in [1.54, 1.807) is 0 Å². The predicted molar refractivity (Wildman–Crippen MR) is 84.1 cm³/mol. The Hall–Kier alpha value is -2.17. The summed E-state index contributed by atoms with van der Waals surface area (Å²) in [5, 5.41) is 9.77. The molecule has 5 nitrogen and oxygen atoms in total. The number of carbonyl (C=O) groups excluding carboxylic acids is 1. The molecule has 5 heteroatoms. The first-order chi connectivity index (χ1) is 10.7. The zero-order valence-corrected chi connectivity index (χ0v) is 12.9. The van der Waals surface area contributed by atoms with E-state index in [-0.39, 0.29) is 11.8 Å².